The number of para-hydroxylation sites is 3. The molecule has 0 radical (unpaired) electrons. The molecular formula is C37H26N2. The first-order chi connectivity index (χ1) is 19.4. The lowest BCUT2D eigenvalue weighted by Gasteiger charge is -2.13. The lowest BCUT2D eigenvalue weighted by Crippen LogP contribution is -1.98. The van der Waals surface area contributed by atoms with Crippen molar-refractivity contribution in [1.82, 2.24) is 9.13 Å². The molecule has 8 rings (SSSR count). The molecule has 0 N–H and O–H groups in total. The first kappa shape index (κ1) is 22.0. The van der Waals surface area contributed by atoms with Crippen molar-refractivity contribution in [1.29, 1.82) is 0 Å². The maximum Gasteiger partial charge on any atom is 0.0541 e. The number of nitrogens with zero attached hydrogens (tertiary/aromatic N) is 2. The van der Waals surface area contributed by atoms with Gasteiger partial charge in [0.25, 0.3) is 0 Å². The van der Waals surface area contributed by atoms with Gasteiger partial charge in [-0.2, -0.15) is 0 Å². The molecule has 0 spiro atoms. The summed E-state index contributed by atoms with van der Waals surface area (Å²) in [5, 5.41) is 3.85. The van der Waals surface area contributed by atoms with E-state index in [0.29, 0.717) is 0 Å². The molecule has 0 fully saturated rings. The summed E-state index contributed by atoms with van der Waals surface area (Å²) in [4.78, 5) is 0. The largest absolute Gasteiger partial charge is 0.309 e. The highest BCUT2D eigenvalue weighted by atomic mass is 15.0. The molecule has 1 aliphatic carbocycles. The minimum Gasteiger partial charge on any atom is -0.309 e. The highest BCUT2D eigenvalue weighted by Crippen LogP contribution is 2.36. The van der Waals surface area contributed by atoms with Crippen molar-refractivity contribution in [3.63, 3.8) is 0 Å². The van der Waals surface area contributed by atoms with E-state index in [9.17, 15) is 0 Å². The Labute approximate surface area is 227 Å². The van der Waals surface area contributed by atoms with Gasteiger partial charge in [0, 0.05) is 33.1 Å². The quantitative estimate of drug-likeness (QED) is 0.229. The summed E-state index contributed by atoms with van der Waals surface area (Å²) in [6.07, 6.45) is 9.99. The molecule has 5 aromatic carbocycles. The monoisotopic (exact) mass is 498 g/mol. The van der Waals surface area contributed by atoms with Crippen LogP contribution in [0.4, 0.5) is 0 Å². The van der Waals surface area contributed by atoms with Crippen molar-refractivity contribution in [2.45, 2.75) is 6.42 Å². The van der Waals surface area contributed by atoms with Crippen molar-refractivity contribution in [3.05, 3.63) is 145 Å². The van der Waals surface area contributed by atoms with E-state index in [2.05, 4.69) is 155 Å². The average Bonchev–Trinajstić information content (AvgIpc) is 3.38. The summed E-state index contributed by atoms with van der Waals surface area (Å²) in [6.45, 7) is 0. The highest BCUT2D eigenvalue weighted by Gasteiger charge is 2.16. The Bertz CT molecular complexity index is 2040. The van der Waals surface area contributed by atoms with Crippen molar-refractivity contribution >= 4 is 44.9 Å². The Kier molecular flexibility index (Phi) is 4.92. The molecule has 7 aromatic rings. The van der Waals surface area contributed by atoms with Crippen LogP contribution in [0.15, 0.2) is 133 Å². The zero-order chi connectivity index (χ0) is 25.8. The van der Waals surface area contributed by atoms with E-state index in [1.165, 1.54) is 66.5 Å². The van der Waals surface area contributed by atoms with Crippen molar-refractivity contribution in [2.75, 3.05) is 0 Å². The van der Waals surface area contributed by atoms with Crippen LogP contribution in [0.25, 0.3) is 67.4 Å². The highest BCUT2D eigenvalue weighted by molar-refractivity contribution is 6.09. The van der Waals surface area contributed by atoms with Gasteiger partial charge < -0.3 is 9.13 Å². The third-order valence-corrected chi connectivity index (χ3v) is 7.91. The third-order valence-electron chi connectivity index (χ3n) is 7.91. The summed E-state index contributed by atoms with van der Waals surface area (Å²) >= 11 is 0. The second-order valence-electron chi connectivity index (χ2n) is 10.2. The molecule has 0 bridgehead atoms. The van der Waals surface area contributed by atoms with Crippen LogP contribution in [0, 0.1) is 0 Å². The SMILES string of the molecule is C1=Cc2c(n(-c3cccc(-c4cccc(-n5c6ccccc6c6ccccc65)c4)c3)c3ccccc23)C=CC1. The smallest absolute Gasteiger partial charge is 0.0541 e. The van der Waals surface area contributed by atoms with E-state index < -0.39 is 0 Å². The van der Waals surface area contributed by atoms with Gasteiger partial charge in [-0.05, 0) is 66.1 Å². The molecular weight excluding hydrogens is 472 g/mol. The van der Waals surface area contributed by atoms with Gasteiger partial charge in [-0.15, -0.1) is 0 Å². The summed E-state index contributed by atoms with van der Waals surface area (Å²) < 4.78 is 4.78. The number of rotatable bonds is 3. The molecule has 0 atom stereocenters. The topological polar surface area (TPSA) is 9.86 Å². The van der Waals surface area contributed by atoms with Gasteiger partial charge in [0.1, 0.15) is 0 Å². The van der Waals surface area contributed by atoms with E-state index in [1.54, 1.807) is 0 Å². The molecule has 39 heavy (non-hydrogen) atoms. The average molecular weight is 499 g/mol. The van der Waals surface area contributed by atoms with Gasteiger partial charge in [-0.25, -0.2) is 0 Å². The fourth-order valence-electron chi connectivity index (χ4n) is 6.20. The predicted octanol–water partition coefficient (Wildman–Crippen LogP) is 9.82. The molecule has 184 valence electrons. The van der Waals surface area contributed by atoms with Crippen LogP contribution >= 0.6 is 0 Å². The van der Waals surface area contributed by atoms with Gasteiger partial charge in [-0.1, -0.05) is 97.1 Å². The minimum atomic E-state index is 0.957. The van der Waals surface area contributed by atoms with Gasteiger partial charge >= 0.3 is 0 Å². The Balaban J connectivity index is 1.30. The first-order valence-electron chi connectivity index (χ1n) is 13.5. The summed E-state index contributed by atoms with van der Waals surface area (Å²) in [6, 6.07) is 43.9. The molecule has 0 aliphatic heterocycles. The van der Waals surface area contributed by atoms with Gasteiger partial charge in [0.05, 0.1) is 22.2 Å². The number of hydrogen-bond acceptors (Lipinski definition) is 0. The van der Waals surface area contributed by atoms with Crippen molar-refractivity contribution in [2.24, 2.45) is 0 Å². The van der Waals surface area contributed by atoms with Crippen LogP contribution < -0.4 is 0 Å². The van der Waals surface area contributed by atoms with Crippen LogP contribution in [0.2, 0.25) is 0 Å². The van der Waals surface area contributed by atoms with Crippen LogP contribution in [0.3, 0.4) is 0 Å². The van der Waals surface area contributed by atoms with E-state index >= 15 is 0 Å². The van der Waals surface area contributed by atoms with Crippen molar-refractivity contribution in [3.8, 4) is 22.5 Å². The van der Waals surface area contributed by atoms with Gasteiger partial charge in [0.2, 0.25) is 0 Å². The number of aromatic nitrogens is 2. The van der Waals surface area contributed by atoms with E-state index in [-0.39, 0.29) is 0 Å². The molecule has 2 heterocycles. The maximum atomic E-state index is 2.40. The standard InChI is InChI=1S/C37H26N2/c1-2-16-30-31-17-4-7-21-35(31)38(34(30)20-3-1)28-14-10-12-26(24-28)27-13-11-15-29(25-27)39-36-22-8-5-18-32(36)33-19-6-9-23-37(33)39/h2-25H,1H2. The minimum absolute atomic E-state index is 0.957. The van der Waals surface area contributed by atoms with Crippen LogP contribution in [-0.4, -0.2) is 9.13 Å². The molecule has 0 saturated carbocycles. The first-order valence-corrected chi connectivity index (χ1v) is 13.5. The Morgan fingerprint density at radius 1 is 0.436 bits per heavy atom. The second-order valence-corrected chi connectivity index (χ2v) is 10.2. The van der Waals surface area contributed by atoms with Gasteiger partial charge in [0.15, 0.2) is 0 Å². The van der Waals surface area contributed by atoms with Crippen LogP contribution in [0.1, 0.15) is 17.7 Å². The molecule has 0 unspecified atom stereocenters. The Morgan fingerprint density at radius 2 is 0.949 bits per heavy atom. The fraction of sp³-hybridized carbons (Fsp3) is 0.0270. The van der Waals surface area contributed by atoms with Crippen molar-refractivity contribution < 1.29 is 0 Å². The second kappa shape index (κ2) is 8.75. The molecule has 2 aromatic heterocycles. The van der Waals surface area contributed by atoms with E-state index in [4.69, 9.17) is 0 Å². The molecule has 0 amide bonds. The molecule has 2 heteroatoms. The zero-order valence-electron chi connectivity index (χ0n) is 21.5. The third kappa shape index (κ3) is 3.42. The predicted molar refractivity (Wildman–Crippen MR) is 166 cm³/mol. The molecule has 1 aliphatic rings. The normalized spacial score (nSPS) is 12.8. The lowest BCUT2D eigenvalue weighted by molar-refractivity contribution is 1.11. The Morgan fingerprint density at radius 3 is 1.59 bits per heavy atom. The zero-order valence-corrected chi connectivity index (χ0v) is 21.5. The van der Waals surface area contributed by atoms with Gasteiger partial charge in [-0.3, -0.25) is 0 Å². The lowest BCUT2D eigenvalue weighted by atomic mass is 10.0. The summed E-state index contributed by atoms with van der Waals surface area (Å²) in [7, 11) is 0. The number of hydrogen-bond donors (Lipinski definition) is 0. The number of fused-ring (bicyclic) bond motifs is 6. The molecule has 0 saturated heterocycles. The van der Waals surface area contributed by atoms with E-state index in [0.717, 1.165) is 6.42 Å². The Hall–Kier alpha value is -5.08. The van der Waals surface area contributed by atoms with E-state index in [1.807, 2.05) is 0 Å². The van der Waals surface area contributed by atoms with Crippen LogP contribution in [0.5, 0.6) is 0 Å². The number of benzene rings is 5. The summed E-state index contributed by atoms with van der Waals surface area (Å²) in [5.74, 6) is 0. The maximum absolute atomic E-state index is 2.40. The summed E-state index contributed by atoms with van der Waals surface area (Å²) in [5.41, 5.74) is 11.0. The number of allylic oxidation sites excluding steroid dienone is 2. The fourth-order valence-corrected chi connectivity index (χ4v) is 6.20. The molecule has 2 nitrogen and oxygen atoms in total. The van der Waals surface area contributed by atoms with Crippen LogP contribution in [-0.2, 0) is 0 Å².